The Labute approximate surface area is 153 Å². The molecule has 1 fully saturated rings. The van der Waals surface area contributed by atoms with Crippen LogP contribution in [0.4, 0.5) is 0 Å². The molecule has 25 heavy (non-hydrogen) atoms. The average Bonchev–Trinajstić information content (AvgIpc) is 3.12. The van der Waals surface area contributed by atoms with Crippen LogP contribution in [-0.2, 0) is 4.79 Å². The van der Waals surface area contributed by atoms with Crippen molar-refractivity contribution in [3.05, 3.63) is 59.1 Å². The fraction of sp³-hybridized carbons (Fsp3) is 0.350. The SMILES string of the molecule is COc1ccc([C@H]2CCCN2C(=O)[C@H](C)Oc2ccc(Cl)cc2)cc1. The van der Waals surface area contributed by atoms with Crippen molar-refractivity contribution in [3.8, 4) is 11.5 Å². The van der Waals surface area contributed by atoms with Crippen LogP contribution in [0.1, 0.15) is 31.4 Å². The van der Waals surface area contributed by atoms with E-state index >= 15 is 0 Å². The maximum Gasteiger partial charge on any atom is 0.263 e. The molecule has 3 rings (SSSR count). The zero-order valence-corrected chi connectivity index (χ0v) is 15.2. The van der Waals surface area contributed by atoms with E-state index in [0.29, 0.717) is 10.8 Å². The maximum absolute atomic E-state index is 12.9. The second-order valence-corrected chi connectivity index (χ2v) is 6.61. The molecule has 2 aromatic carbocycles. The van der Waals surface area contributed by atoms with Gasteiger partial charge in [0.2, 0.25) is 0 Å². The van der Waals surface area contributed by atoms with E-state index in [2.05, 4.69) is 0 Å². The third-order valence-electron chi connectivity index (χ3n) is 4.51. The summed E-state index contributed by atoms with van der Waals surface area (Å²) in [5.41, 5.74) is 1.13. The van der Waals surface area contributed by atoms with Crippen LogP contribution in [0.3, 0.4) is 0 Å². The minimum absolute atomic E-state index is 0.00766. The molecule has 0 saturated carbocycles. The second kappa shape index (κ2) is 7.79. The third-order valence-corrected chi connectivity index (χ3v) is 4.76. The number of halogens is 1. The van der Waals surface area contributed by atoms with Crippen molar-refractivity contribution in [1.82, 2.24) is 4.90 Å². The first-order valence-electron chi connectivity index (χ1n) is 8.45. The standard InChI is InChI=1S/C20H22ClNO3/c1-14(25-18-11-7-16(21)8-12-18)20(23)22-13-3-4-19(22)15-5-9-17(24-2)10-6-15/h5-12,14,19H,3-4,13H2,1-2H3/t14-,19+/m0/s1. The number of amides is 1. The van der Waals surface area contributed by atoms with Gasteiger partial charge in [-0.25, -0.2) is 0 Å². The van der Waals surface area contributed by atoms with E-state index in [9.17, 15) is 4.79 Å². The number of carbonyl (C=O) groups is 1. The van der Waals surface area contributed by atoms with E-state index < -0.39 is 6.10 Å². The normalized spacial score (nSPS) is 18.0. The van der Waals surface area contributed by atoms with Crippen LogP contribution in [-0.4, -0.2) is 30.6 Å². The molecular weight excluding hydrogens is 338 g/mol. The zero-order valence-electron chi connectivity index (χ0n) is 14.4. The van der Waals surface area contributed by atoms with Crippen molar-refractivity contribution in [2.75, 3.05) is 13.7 Å². The minimum Gasteiger partial charge on any atom is -0.497 e. The van der Waals surface area contributed by atoms with Gasteiger partial charge in [-0.3, -0.25) is 4.79 Å². The molecule has 2 atom stereocenters. The molecule has 0 unspecified atom stereocenters. The number of nitrogens with zero attached hydrogens (tertiary/aromatic N) is 1. The molecule has 0 bridgehead atoms. The Morgan fingerprint density at radius 2 is 1.76 bits per heavy atom. The fourth-order valence-electron chi connectivity index (χ4n) is 3.20. The van der Waals surface area contributed by atoms with Crippen molar-refractivity contribution in [2.45, 2.75) is 31.9 Å². The molecule has 1 amide bonds. The fourth-order valence-corrected chi connectivity index (χ4v) is 3.33. The lowest BCUT2D eigenvalue weighted by Crippen LogP contribution is -2.40. The molecule has 2 aromatic rings. The summed E-state index contributed by atoms with van der Waals surface area (Å²) in [4.78, 5) is 14.8. The highest BCUT2D eigenvalue weighted by Gasteiger charge is 2.33. The summed E-state index contributed by atoms with van der Waals surface area (Å²) in [6, 6.07) is 15.1. The molecular formula is C20H22ClNO3. The van der Waals surface area contributed by atoms with E-state index in [4.69, 9.17) is 21.1 Å². The lowest BCUT2D eigenvalue weighted by atomic mass is 10.0. The summed E-state index contributed by atoms with van der Waals surface area (Å²) in [6.07, 6.45) is 1.42. The summed E-state index contributed by atoms with van der Waals surface area (Å²) in [7, 11) is 1.65. The molecule has 0 radical (unpaired) electrons. The number of methoxy groups -OCH3 is 1. The Bertz CT molecular complexity index is 715. The van der Waals surface area contributed by atoms with E-state index in [1.54, 1.807) is 38.3 Å². The summed E-state index contributed by atoms with van der Waals surface area (Å²) < 4.78 is 11.0. The summed E-state index contributed by atoms with van der Waals surface area (Å²) in [6.45, 7) is 2.55. The molecule has 1 aliphatic heterocycles. The molecule has 5 heteroatoms. The first kappa shape index (κ1) is 17.6. The van der Waals surface area contributed by atoms with Gasteiger partial charge in [0.15, 0.2) is 6.10 Å². The number of carbonyl (C=O) groups excluding carboxylic acids is 1. The van der Waals surface area contributed by atoms with Crippen molar-refractivity contribution in [1.29, 1.82) is 0 Å². The van der Waals surface area contributed by atoms with Gasteiger partial charge >= 0.3 is 0 Å². The highest BCUT2D eigenvalue weighted by atomic mass is 35.5. The molecule has 0 aromatic heterocycles. The lowest BCUT2D eigenvalue weighted by molar-refractivity contribution is -0.138. The van der Waals surface area contributed by atoms with Gasteiger partial charge in [-0.05, 0) is 61.7 Å². The Morgan fingerprint density at radius 3 is 2.40 bits per heavy atom. The minimum atomic E-state index is -0.542. The lowest BCUT2D eigenvalue weighted by Gasteiger charge is -2.28. The van der Waals surface area contributed by atoms with Crippen LogP contribution in [0.5, 0.6) is 11.5 Å². The molecule has 132 valence electrons. The average molecular weight is 360 g/mol. The summed E-state index contributed by atoms with van der Waals surface area (Å²) in [5, 5.41) is 0.644. The predicted octanol–water partition coefficient (Wildman–Crippen LogP) is 4.48. The van der Waals surface area contributed by atoms with Gasteiger partial charge in [0, 0.05) is 11.6 Å². The number of hydrogen-bond acceptors (Lipinski definition) is 3. The molecule has 1 heterocycles. The van der Waals surface area contributed by atoms with Gasteiger partial charge in [0.1, 0.15) is 11.5 Å². The highest BCUT2D eigenvalue weighted by molar-refractivity contribution is 6.30. The van der Waals surface area contributed by atoms with Crippen LogP contribution in [0.15, 0.2) is 48.5 Å². The van der Waals surface area contributed by atoms with Crippen LogP contribution in [0.2, 0.25) is 5.02 Å². The van der Waals surface area contributed by atoms with E-state index in [0.717, 1.165) is 30.7 Å². The number of hydrogen-bond donors (Lipinski definition) is 0. The predicted molar refractivity (Wildman–Crippen MR) is 98.2 cm³/mol. The quantitative estimate of drug-likeness (QED) is 0.790. The van der Waals surface area contributed by atoms with E-state index in [-0.39, 0.29) is 11.9 Å². The first-order chi connectivity index (χ1) is 12.1. The van der Waals surface area contributed by atoms with Gasteiger partial charge in [0.25, 0.3) is 5.91 Å². The topological polar surface area (TPSA) is 38.8 Å². The largest absolute Gasteiger partial charge is 0.497 e. The van der Waals surface area contributed by atoms with Crippen molar-refractivity contribution in [3.63, 3.8) is 0 Å². The summed E-state index contributed by atoms with van der Waals surface area (Å²) >= 11 is 5.88. The maximum atomic E-state index is 12.9. The highest BCUT2D eigenvalue weighted by Crippen LogP contribution is 2.33. The molecule has 0 N–H and O–H groups in total. The molecule has 4 nitrogen and oxygen atoms in total. The Hall–Kier alpha value is -2.20. The number of benzene rings is 2. The van der Waals surface area contributed by atoms with Crippen molar-refractivity contribution < 1.29 is 14.3 Å². The molecule has 1 aliphatic rings. The third kappa shape index (κ3) is 4.07. The van der Waals surface area contributed by atoms with Gasteiger partial charge in [0.05, 0.1) is 13.2 Å². The van der Waals surface area contributed by atoms with Gasteiger partial charge < -0.3 is 14.4 Å². The van der Waals surface area contributed by atoms with Crippen molar-refractivity contribution in [2.24, 2.45) is 0 Å². The van der Waals surface area contributed by atoms with Gasteiger partial charge in [-0.1, -0.05) is 23.7 Å². The van der Waals surface area contributed by atoms with Gasteiger partial charge in [-0.15, -0.1) is 0 Å². The number of likely N-dealkylation sites (tertiary alicyclic amines) is 1. The van der Waals surface area contributed by atoms with Crippen LogP contribution >= 0.6 is 11.6 Å². The van der Waals surface area contributed by atoms with Crippen LogP contribution in [0.25, 0.3) is 0 Å². The Balaban J connectivity index is 1.69. The smallest absolute Gasteiger partial charge is 0.263 e. The Kier molecular flexibility index (Phi) is 5.49. The van der Waals surface area contributed by atoms with Gasteiger partial charge in [-0.2, -0.15) is 0 Å². The van der Waals surface area contributed by atoms with Crippen LogP contribution < -0.4 is 9.47 Å². The first-order valence-corrected chi connectivity index (χ1v) is 8.83. The van der Waals surface area contributed by atoms with E-state index in [1.165, 1.54) is 0 Å². The number of ether oxygens (including phenoxy) is 2. The Morgan fingerprint density at radius 1 is 1.12 bits per heavy atom. The monoisotopic (exact) mass is 359 g/mol. The molecule has 1 saturated heterocycles. The molecule has 0 spiro atoms. The van der Waals surface area contributed by atoms with Crippen molar-refractivity contribution >= 4 is 17.5 Å². The van der Waals surface area contributed by atoms with Crippen LogP contribution in [0, 0.1) is 0 Å². The zero-order chi connectivity index (χ0) is 17.8. The number of rotatable bonds is 5. The van der Waals surface area contributed by atoms with E-state index in [1.807, 2.05) is 29.2 Å². The summed E-state index contributed by atoms with van der Waals surface area (Å²) in [5.74, 6) is 1.47. The molecule has 0 aliphatic carbocycles. The second-order valence-electron chi connectivity index (χ2n) is 6.18.